The first kappa shape index (κ1) is 18.2. The van der Waals surface area contributed by atoms with Crippen molar-refractivity contribution in [1.29, 1.82) is 0 Å². The van der Waals surface area contributed by atoms with E-state index in [0.717, 1.165) is 30.9 Å². The highest BCUT2D eigenvalue weighted by molar-refractivity contribution is 6.08. The lowest BCUT2D eigenvalue weighted by atomic mass is 9.77. The van der Waals surface area contributed by atoms with Crippen LogP contribution in [0, 0.1) is 17.8 Å². The molecule has 0 aromatic heterocycles. The zero-order chi connectivity index (χ0) is 18.2. The largest absolute Gasteiger partial charge is 0.344 e. The minimum Gasteiger partial charge on any atom is -0.322 e. The van der Waals surface area contributed by atoms with Crippen LogP contribution in [-0.2, 0) is 9.59 Å². The van der Waals surface area contributed by atoms with Crippen LogP contribution in [-0.4, -0.2) is 52.9 Å². The number of hydrogen-bond donors (Lipinski definition) is 2. The van der Waals surface area contributed by atoms with Crippen molar-refractivity contribution >= 4 is 17.8 Å². The molecule has 3 aliphatic rings. The Morgan fingerprint density at radius 2 is 1.72 bits per heavy atom. The molecular weight excluding hydrogens is 320 g/mol. The Bertz CT molecular complexity index is 547. The highest BCUT2D eigenvalue weighted by atomic mass is 16.2. The number of nitrogens with one attached hydrogen (secondary N) is 2. The lowest BCUT2D eigenvalue weighted by Crippen LogP contribution is -2.53. The molecule has 2 N–H and O–H groups in total. The lowest BCUT2D eigenvalue weighted by molar-refractivity contribution is -0.140. The van der Waals surface area contributed by atoms with Crippen LogP contribution < -0.4 is 10.7 Å². The van der Waals surface area contributed by atoms with Gasteiger partial charge in [-0.2, -0.15) is 5.01 Å². The van der Waals surface area contributed by atoms with Crippen LogP contribution in [0.5, 0.6) is 0 Å². The lowest BCUT2D eigenvalue weighted by Gasteiger charge is -2.35. The molecule has 140 valence electrons. The number of likely N-dealkylation sites (tertiary alicyclic amines) is 1. The van der Waals surface area contributed by atoms with Gasteiger partial charge in [-0.25, -0.2) is 4.79 Å². The first-order valence-electron chi connectivity index (χ1n) is 9.47. The molecule has 0 unspecified atom stereocenters. The molecule has 4 amide bonds. The summed E-state index contributed by atoms with van der Waals surface area (Å²) in [5, 5.41) is 3.72. The average Bonchev–Trinajstić information content (AvgIpc) is 2.74. The summed E-state index contributed by atoms with van der Waals surface area (Å²) in [4.78, 5) is 39.5. The van der Waals surface area contributed by atoms with Crippen molar-refractivity contribution < 1.29 is 14.4 Å². The molecule has 3 rings (SSSR count). The molecule has 2 saturated heterocycles. The molecule has 0 radical (unpaired) electrons. The van der Waals surface area contributed by atoms with Crippen molar-refractivity contribution in [2.24, 2.45) is 17.8 Å². The molecule has 1 spiro atoms. The van der Waals surface area contributed by atoms with Crippen LogP contribution in [0.1, 0.15) is 52.9 Å². The molecule has 2 atom stereocenters. The third-order valence-electron chi connectivity index (χ3n) is 5.84. The second-order valence-electron chi connectivity index (χ2n) is 8.51. The Kier molecular flexibility index (Phi) is 5.04. The number of hydrazine groups is 1. The third kappa shape index (κ3) is 3.81. The van der Waals surface area contributed by atoms with E-state index < -0.39 is 11.6 Å². The van der Waals surface area contributed by atoms with Crippen LogP contribution in [0.15, 0.2) is 0 Å². The fourth-order valence-electron chi connectivity index (χ4n) is 4.60. The van der Waals surface area contributed by atoms with Crippen molar-refractivity contribution in [3.8, 4) is 0 Å². The molecule has 1 aliphatic carbocycles. The van der Waals surface area contributed by atoms with Gasteiger partial charge >= 0.3 is 6.03 Å². The molecule has 0 aromatic carbocycles. The number of carbonyl (C=O) groups excluding carboxylic acids is 3. The SMILES string of the molecule is CC1CCC2(CC1)NC(=O)N(NC(=O)CN1C[C@H](C)C[C@@H](C)C1)C2=O. The first-order chi connectivity index (χ1) is 11.8. The van der Waals surface area contributed by atoms with Crippen molar-refractivity contribution in [2.75, 3.05) is 19.6 Å². The summed E-state index contributed by atoms with van der Waals surface area (Å²) >= 11 is 0. The molecule has 0 bridgehead atoms. The molecule has 0 aromatic rings. The van der Waals surface area contributed by atoms with Gasteiger partial charge in [-0.15, -0.1) is 0 Å². The number of nitrogens with zero attached hydrogens (tertiary/aromatic N) is 2. The van der Waals surface area contributed by atoms with Gasteiger partial charge in [0.2, 0.25) is 0 Å². The van der Waals surface area contributed by atoms with Crippen LogP contribution in [0.4, 0.5) is 4.79 Å². The van der Waals surface area contributed by atoms with E-state index in [9.17, 15) is 14.4 Å². The van der Waals surface area contributed by atoms with E-state index in [0.29, 0.717) is 30.6 Å². The molecule has 7 heteroatoms. The zero-order valence-electron chi connectivity index (χ0n) is 15.5. The Morgan fingerprint density at radius 3 is 2.32 bits per heavy atom. The fraction of sp³-hybridized carbons (Fsp3) is 0.833. The van der Waals surface area contributed by atoms with Crippen molar-refractivity contribution in [2.45, 2.75) is 58.4 Å². The number of amides is 4. The van der Waals surface area contributed by atoms with Crippen LogP contribution in [0.25, 0.3) is 0 Å². The van der Waals surface area contributed by atoms with E-state index in [1.807, 2.05) is 0 Å². The molecule has 2 heterocycles. The van der Waals surface area contributed by atoms with E-state index in [1.54, 1.807) is 0 Å². The molecule has 7 nitrogen and oxygen atoms in total. The average molecular weight is 350 g/mol. The van der Waals surface area contributed by atoms with Crippen molar-refractivity contribution in [1.82, 2.24) is 20.7 Å². The molecule has 2 aliphatic heterocycles. The number of rotatable bonds is 3. The summed E-state index contributed by atoms with van der Waals surface area (Å²) in [6, 6.07) is -0.506. The van der Waals surface area contributed by atoms with Gasteiger partial charge in [0.25, 0.3) is 11.8 Å². The first-order valence-corrected chi connectivity index (χ1v) is 9.47. The van der Waals surface area contributed by atoms with E-state index in [1.165, 1.54) is 6.42 Å². The van der Waals surface area contributed by atoms with Gasteiger partial charge in [0.15, 0.2) is 0 Å². The smallest absolute Gasteiger partial charge is 0.322 e. The van der Waals surface area contributed by atoms with Gasteiger partial charge < -0.3 is 5.32 Å². The number of hydrogen-bond acceptors (Lipinski definition) is 4. The topological polar surface area (TPSA) is 81.8 Å². The van der Waals surface area contributed by atoms with E-state index in [-0.39, 0.29) is 18.4 Å². The quantitative estimate of drug-likeness (QED) is 0.756. The second-order valence-corrected chi connectivity index (χ2v) is 8.51. The summed E-state index contributed by atoms with van der Waals surface area (Å²) in [5.41, 5.74) is 1.71. The predicted molar refractivity (Wildman–Crippen MR) is 93.3 cm³/mol. The number of carbonyl (C=O) groups is 3. The molecule has 1 saturated carbocycles. The number of imide groups is 1. The zero-order valence-corrected chi connectivity index (χ0v) is 15.5. The minimum absolute atomic E-state index is 0.218. The maximum Gasteiger partial charge on any atom is 0.344 e. The standard InChI is InChI=1S/C18H30N4O3/c1-12-4-6-18(7-5-12)16(24)22(17(25)19-18)20-15(23)11-21-9-13(2)8-14(3)10-21/h12-14H,4-11H2,1-3H3,(H,19,25)(H,20,23)/t12?,13-,14-,18?/m1/s1. The van der Waals surface area contributed by atoms with E-state index in [2.05, 4.69) is 36.4 Å². The van der Waals surface area contributed by atoms with Gasteiger partial charge in [-0.1, -0.05) is 20.8 Å². The number of piperidine rings is 1. The molecule has 25 heavy (non-hydrogen) atoms. The Morgan fingerprint density at radius 1 is 1.12 bits per heavy atom. The summed E-state index contributed by atoms with van der Waals surface area (Å²) in [5.74, 6) is 1.08. The van der Waals surface area contributed by atoms with Gasteiger partial charge in [0.05, 0.1) is 6.54 Å². The van der Waals surface area contributed by atoms with E-state index >= 15 is 0 Å². The highest BCUT2D eigenvalue weighted by Gasteiger charge is 2.52. The third-order valence-corrected chi connectivity index (χ3v) is 5.84. The summed E-state index contributed by atoms with van der Waals surface area (Å²) in [6.07, 6.45) is 4.29. The minimum atomic E-state index is -0.814. The molecule has 3 fully saturated rings. The van der Waals surface area contributed by atoms with Crippen LogP contribution in [0.3, 0.4) is 0 Å². The van der Waals surface area contributed by atoms with E-state index in [4.69, 9.17) is 0 Å². The Labute approximate surface area is 149 Å². The summed E-state index contributed by atoms with van der Waals surface area (Å²) in [6.45, 7) is 8.50. The van der Waals surface area contributed by atoms with Gasteiger partial charge in [0, 0.05) is 13.1 Å². The normalized spacial score (nSPS) is 36.6. The number of urea groups is 1. The maximum absolute atomic E-state index is 12.7. The van der Waals surface area contributed by atoms with Crippen LogP contribution >= 0.6 is 0 Å². The monoisotopic (exact) mass is 350 g/mol. The second kappa shape index (κ2) is 6.94. The fourth-order valence-corrected chi connectivity index (χ4v) is 4.60. The highest BCUT2D eigenvalue weighted by Crippen LogP contribution is 2.35. The molecular formula is C18H30N4O3. The van der Waals surface area contributed by atoms with Crippen molar-refractivity contribution in [3.63, 3.8) is 0 Å². The van der Waals surface area contributed by atoms with Crippen molar-refractivity contribution in [3.05, 3.63) is 0 Å². The predicted octanol–water partition coefficient (Wildman–Crippen LogP) is 1.50. The maximum atomic E-state index is 12.7. The summed E-state index contributed by atoms with van der Waals surface area (Å²) < 4.78 is 0. The van der Waals surface area contributed by atoms with Crippen LogP contribution in [0.2, 0.25) is 0 Å². The Hall–Kier alpha value is -1.63. The van der Waals surface area contributed by atoms with Gasteiger partial charge in [-0.05, 0) is 49.9 Å². The van der Waals surface area contributed by atoms with Gasteiger partial charge in [-0.3, -0.25) is 19.9 Å². The Balaban J connectivity index is 1.58. The van der Waals surface area contributed by atoms with Gasteiger partial charge in [0.1, 0.15) is 5.54 Å². The summed E-state index contributed by atoms with van der Waals surface area (Å²) in [7, 11) is 0.